The molecule has 12 heteroatoms. The zero-order chi connectivity index (χ0) is 17.4. The third-order valence-electron chi connectivity index (χ3n) is 3.29. The van der Waals surface area contributed by atoms with E-state index >= 15 is 0 Å². The molecule has 0 spiro atoms. The van der Waals surface area contributed by atoms with Crippen LogP contribution in [0.4, 0.5) is 17.1 Å². The van der Waals surface area contributed by atoms with Crippen molar-refractivity contribution < 1.29 is 23.1 Å². The van der Waals surface area contributed by atoms with Crippen LogP contribution in [0.25, 0.3) is 0 Å². The summed E-state index contributed by atoms with van der Waals surface area (Å²) in [6.45, 7) is -0.0341. The molecule has 1 atom stereocenters. The lowest BCUT2D eigenvalue weighted by Gasteiger charge is -2.16. The van der Waals surface area contributed by atoms with Gasteiger partial charge in [0.05, 0.1) is 27.4 Å². The van der Waals surface area contributed by atoms with E-state index < -0.39 is 48.8 Å². The van der Waals surface area contributed by atoms with Crippen LogP contribution < -0.4 is 10.0 Å². The van der Waals surface area contributed by atoms with Crippen LogP contribution in [0.15, 0.2) is 18.2 Å². The number of carbonyl (C=O) groups excluding carboxylic acids is 1. The number of hydrogen-bond donors (Lipinski definition) is 1. The monoisotopic (exact) mass is 344 g/mol. The summed E-state index contributed by atoms with van der Waals surface area (Å²) < 4.78 is 22.2. The van der Waals surface area contributed by atoms with Crippen molar-refractivity contribution in [2.24, 2.45) is 11.1 Å². The number of anilines is 1. The van der Waals surface area contributed by atoms with Crippen LogP contribution in [0.2, 0.25) is 0 Å². The Hall–Kier alpha value is -2.60. The molecule has 0 bridgehead atoms. The summed E-state index contributed by atoms with van der Waals surface area (Å²) in [6.07, 6.45) is -0.104. The van der Waals surface area contributed by atoms with Crippen molar-refractivity contribution in [3.63, 3.8) is 0 Å². The Morgan fingerprint density at radius 1 is 1.17 bits per heavy atom. The number of nitro groups is 2. The summed E-state index contributed by atoms with van der Waals surface area (Å²) in [6, 6.07) is 2.85. The Kier molecular flexibility index (Phi) is 4.29. The van der Waals surface area contributed by atoms with E-state index in [1.807, 2.05) is 0 Å². The maximum atomic E-state index is 12.0. The third kappa shape index (κ3) is 3.98. The first-order valence-electron chi connectivity index (χ1n) is 6.31. The average molecular weight is 344 g/mol. The highest BCUT2D eigenvalue weighted by molar-refractivity contribution is 7.89. The summed E-state index contributed by atoms with van der Waals surface area (Å²) in [4.78, 5) is 33.2. The van der Waals surface area contributed by atoms with E-state index in [4.69, 9.17) is 5.14 Å². The van der Waals surface area contributed by atoms with Crippen molar-refractivity contribution in [2.45, 2.75) is 6.42 Å². The fraction of sp³-hybridized carbons (Fsp3) is 0.364. The van der Waals surface area contributed by atoms with Gasteiger partial charge in [-0.25, -0.2) is 13.6 Å². The van der Waals surface area contributed by atoms with Crippen LogP contribution in [-0.4, -0.2) is 36.5 Å². The molecule has 1 fully saturated rings. The fourth-order valence-electron chi connectivity index (χ4n) is 2.42. The van der Waals surface area contributed by atoms with Gasteiger partial charge in [0.15, 0.2) is 0 Å². The average Bonchev–Trinajstić information content (AvgIpc) is 2.76. The summed E-state index contributed by atoms with van der Waals surface area (Å²) in [5, 5.41) is 26.7. The number of nitro benzene ring substituents is 2. The van der Waals surface area contributed by atoms with Gasteiger partial charge < -0.3 is 4.90 Å². The molecule has 1 heterocycles. The molecule has 0 saturated carbocycles. The number of nitrogens with two attached hydrogens (primary N) is 1. The highest BCUT2D eigenvalue weighted by Crippen LogP contribution is 2.32. The molecule has 2 rings (SSSR count). The maximum Gasteiger partial charge on any atom is 0.278 e. The van der Waals surface area contributed by atoms with Gasteiger partial charge in [0.1, 0.15) is 0 Å². The van der Waals surface area contributed by atoms with Crippen LogP contribution in [0.3, 0.4) is 0 Å². The molecule has 1 saturated heterocycles. The van der Waals surface area contributed by atoms with Gasteiger partial charge >= 0.3 is 0 Å². The first-order valence-corrected chi connectivity index (χ1v) is 8.03. The molecule has 1 aliphatic rings. The SMILES string of the molecule is NS(=O)(=O)CC1CC(=O)N(c2cc([N+](=O)[O-])cc([N+](=O)[O-])c2)C1. The number of carbonyl (C=O) groups is 1. The fourth-order valence-corrected chi connectivity index (χ4v) is 3.30. The van der Waals surface area contributed by atoms with Crippen molar-refractivity contribution in [2.75, 3.05) is 17.2 Å². The molecule has 0 radical (unpaired) electrons. The van der Waals surface area contributed by atoms with Gasteiger partial charge in [-0.05, 0) is 0 Å². The van der Waals surface area contributed by atoms with E-state index in [0.29, 0.717) is 0 Å². The van der Waals surface area contributed by atoms with Crippen molar-refractivity contribution in [3.8, 4) is 0 Å². The summed E-state index contributed by atoms with van der Waals surface area (Å²) >= 11 is 0. The Morgan fingerprint density at radius 2 is 1.70 bits per heavy atom. The molecule has 1 amide bonds. The van der Waals surface area contributed by atoms with E-state index in [0.717, 1.165) is 23.1 Å². The number of nitrogens with zero attached hydrogens (tertiary/aromatic N) is 3. The van der Waals surface area contributed by atoms with Gasteiger partial charge in [-0.15, -0.1) is 0 Å². The maximum absolute atomic E-state index is 12.0. The van der Waals surface area contributed by atoms with Crippen LogP contribution >= 0.6 is 0 Å². The van der Waals surface area contributed by atoms with E-state index in [1.165, 1.54) is 0 Å². The lowest BCUT2D eigenvalue weighted by atomic mass is 10.1. The van der Waals surface area contributed by atoms with E-state index in [-0.39, 0.29) is 18.7 Å². The molecule has 124 valence electrons. The number of benzene rings is 1. The van der Waals surface area contributed by atoms with Gasteiger partial charge in [-0.2, -0.15) is 0 Å². The second-order valence-corrected chi connectivity index (χ2v) is 6.78. The molecule has 2 N–H and O–H groups in total. The highest BCUT2D eigenvalue weighted by atomic mass is 32.2. The Bertz CT molecular complexity index is 759. The lowest BCUT2D eigenvalue weighted by molar-refractivity contribution is -0.394. The third-order valence-corrected chi connectivity index (χ3v) is 4.23. The molecular weight excluding hydrogens is 332 g/mol. The normalized spacial score (nSPS) is 18.2. The number of rotatable bonds is 5. The van der Waals surface area contributed by atoms with Crippen molar-refractivity contribution in [1.82, 2.24) is 0 Å². The second-order valence-electron chi connectivity index (χ2n) is 5.13. The minimum atomic E-state index is -3.78. The Balaban J connectivity index is 2.36. The van der Waals surface area contributed by atoms with Crippen molar-refractivity contribution in [3.05, 3.63) is 38.4 Å². The van der Waals surface area contributed by atoms with Gasteiger partial charge in [0, 0.05) is 31.0 Å². The summed E-state index contributed by atoms with van der Waals surface area (Å²) in [5.41, 5.74) is -1.08. The van der Waals surface area contributed by atoms with E-state index in [2.05, 4.69) is 0 Å². The van der Waals surface area contributed by atoms with Gasteiger partial charge in [-0.3, -0.25) is 25.0 Å². The van der Waals surface area contributed by atoms with Gasteiger partial charge in [0.25, 0.3) is 11.4 Å². The number of amides is 1. The van der Waals surface area contributed by atoms with Gasteiger partial charge in [0.2, 0.25) is 15.9 Å². The lowest BCUT2D eigenvalue weighted by Crippen LogP contribution is -2.27. The van der Waals surface area contributed by atoms with E-state index in [9.17, 15) is 33.4 Å². The molecule has 23 heavy (non-hydrogen) atoms. The van der Waals surface area contributed by atoms with Crippen LogP contribution in [-0.2, 0) is 14.8 Å². The minimum absolute atomic E-state index is 0.0205. The molecule has 0 aliphatic carbocycles. The smallest absolute Gasteiger partial charge is 0.278 e. The quantitative estimate of drug-likeness (QED) is 0.585. The highest BCUT2D eigenvalue weighted by Gasteiger charge is 2.34. The Labute approximate surface area is 130 Å². The predicted octanol–water partition coefficient (Wildman–Crippen LogP) is 0.144. The second kappa shape index (κ2) is 5.89. The largest absolute Gasteiger partial charge is 0.312 e. The van der Waals surface area contributed by atoms with E-state index in [1.54, 1.807) is 0 Å². The van der Waals surface area contributed by atoms with Crippen molar-refractivity contribution in [1.29, 1.82) is 0 Å². The number of non-ortho nitro benzene ring substituents is 2. The molecule has 1 aromatic rings. The zero-order valence-electron chi connectivity index (χ0n) is 11.6. The molecular formula is C11H12N4O7S. The molecule has 0 aromatic heterocycles. The van der Waals surface area contributed by atoms with Crippen LogP contribution in [0.1, 0.15) is 6.42 Å². The number of primary sulfonamides is 1. The summed E-state index contributed by atoms with van der Waals surface area (Å²) in [7, 11) is -3.78. The first-order chi connectivity index (χ1) is 10.6. The minimum Gasteiger partial charge on any atom is -0.312 e. The predicted molar refractivity (Wildman–Crippen MR) is 78.2 cm³/mol. The topological polar surface area (TPSA) is 167 Å². The van der Waals surface area contributed by atoms with Crippen LogP contribution in [0, 0.1) is 26.1 Å². The van der Waals surface area contributed by atoms with Gasteiger partial charge in [-0.1, -0.05) is 0 Å². The van der Waals surface area contributed by atoms with Crippen LogP contribution in [0.5, 0.6) is 0 Å². The zero-order valence-corrected chi connectivity index (χ0v) is 12.4. The molecule has 1 unspecified atom stereocenters. The first kappa shape index (κ1) is 16.8. The number of sulfonamides is 1. The molecule has 1 aromatic carbocycles. The Morgan fingerprint density at radius 3 is 2.13 bits per heavy atom. The molecule has 1 aliphatic heterocycles. The molecule has 11 nitrogen and oxygen atoms in total. The number of hydrogen-bond acceptors (Lipinski definition) is 7. The van der Waals surface area contributed by atoms with Crippen molar-refractivity contribution >= 4 is 33.0 Å². The summed E-state index contributed by atoms with van der Waals surface area (Å²) in [5.74, 6) is -1.46. The standard InChI is InChI=1S/C11H12N4O7S/c12-23(21,22)6-7-1-11(16)13(5-7)8-2-9(14(17)18)4-10(3-8)15(19)20/h2-4,7H,1,5-6H2,(H2,12,21,22).